The third kappa shape index (κ3) is 5.86. The molecule has 1 aliphatic rings. The summed E-state index contributed by atoms with van der Waals surface area (Å²) in [5.41, 5.74) is -1.11. The number of hydrogen-bond acceptors (Lipinski definition) is 5. The number of benzene rings is 1. The Hall–Kier alpha value is -2.26. The lowest BCUT2D eigenvalue weighted by Gasteiger charge is -2.15. The van der Waals surface area contributed by atoms with Crippen LogP contribution in [0.1, 0.15) is 31.4 Å². The minimum absolute atomic E-state index is 0.182. The second-order valence-corrected chi connectivity index (χ2v) is 7.42. The molecule has 1 amide bonds. The lowest BCUT2D eigenvalue weighted by atomic mass is 10.1. The Labute approximate surface area is 174 Å². The van der Waals surface area contributed by atoms with E-state index in [4.69, 9.17) is 27.9 Å². The fourth-order valence-corrected chi connectivity index (χ4v) is 3.45. The van der Waals surface area contributed by atoms with Crippen LogP contribution in [0.2, 0.25) is 10.0 Å². The van der Waals surface area contributed by atoms with Gasteiger partial charge in [-0.05, 0) is 37.0 Å². The molecule has 156 valence electrons. The van der Waals surface area contributed by atoms with Crippen molar-refractivity contribution >= 4 is 40.9 Å². The molecule has 1 saturated carbocycles. The molecular weight excluding hydrogens is 432 g/mol. The third-order valence-corrected chi connectivity index (χ3v) is 4.96. The van der Waals surface area contributed by atoms with Crippen molar-refractivity contribution in [1.29, 1.82) is 0 Å². The van der Waals surface area contributed by atoms with Crippen molar-refractivity contribution < 1.29 is 22.7 Å². The number of rotatable bonds is 5. The van der Waals surface area contributed by atoms with Gasteiger partial charge in [-0.1, -0.05) is 36.0 Å². The molecule has 29 heavy (non-hydrogen) atoms. The highest BCUT2D eigenvalue weighted by atomic mass is 35.5. The summed E-state index contributed by atoms with van der Waals surface area (Å²) in [6.45, 7) is 0.357. The number of alkyl halides is 3. The molecule has 1 heterocycles. The summed E-state index contributed by atoms with van der Waals surface area (Å²) in [4.78, 5) is 19.1. The fourth-order valence-electron chi connectivity index (χ4n) is 3.00. The van der Waals surface area contributed by atoms with Gasteiger partial charge in [-0.15, -0.1) is 0 Å². The minimum atomic E-state index is -4.86. The smallest absolute Gasteiger partial charge is 0.406 e. The molecule has 6 nitrogen and oxygen atoms in total. The number of halogens is 5. The molecule has 0 aliphatic heterocycles. The van der Waals surface area contributed by atoms with E-state index in [1.165, 1.54) is 18.2 Å². The predicted molar refractivity (Wildman–Crippen MR) is 103 cm³/mol. The molecule has 1 aliphatic carbocycles. The molecule has 0 spiro atoms. The number of nitrogens with one attached hydrogen (secondary N) is 2. The maximum absolute atomic E-state index is 13.4. The van der Waals surface area contributed by atoms with Crippen LogP contribution in [0.25, 0.3) is 0 Å². The molecule has 1 aromatic heterocycles. The molecule has 0 unspecified atom stereocenters. The molecule has 2 aromatic rings. The Morgan fingerprint density at radius 2 is 1.97 bits per heavy atom. The average Bonchev–Trinajstić information content (AvgIpc) is 3.16. The van der Waals surface area contributed by atoms with E-state index in [2.05, 4.69) is 20.6 Å². The van der Waals surface area contributed by atoms with Crippen LogP contribution in [0, 0.1) is 5.92 Å². The number of carbonyl (C=O) groups excluding carboxylic acids is 1. The number of amides is 1. The van der Waals surface area contributed by atoms with Crippen LogP contribution in [0.3, 0.4) is 0 Å². The zero-order valence-electron chi connectivity index (χ0n) is 15.0. The SMILES string of the molecule is O=C(NCC1CCCC1)Oc1cnc(Nc2ccc(Cl)cc2Cl)nc1C(F)(F)F. The number of nitrogens with zero attached hydrogens (tertiary/aromatic N) is 2. The van der Waals surface area contributed by atoms with Crippen molar-refractivity contribution in [3.63, 3.8) is 0 Å². The summed E-state index contributed by atoms with van der Waals surface area (Å²) in [5.74, 6) is -0.828. The van der Waals surface area contributed by atoms with Crippen LogP contribution in [0.4, 0.5) is 29.6 Å². The van der Waals surface area contributed by atoms with Crippen LogP contribution in [0.15, 0.2) is 24.4 Å². The normalized spacial score (nSPS) is 14.7. The maximum atomic E-state index is 13.4. The summed E-state index contributed by atoms with van der Waals surface area (Å²) in [7, 11) is 0. The first kappa shape index (κ1) is 21.4. The molecule has 0 bridgehead atoms. The summed E-state index contributed by atoms with van der Waals surface area (Å²) in [6.07, 6.45) is -0.928. The second kappa shape index (κ2) is 9.04. The van der Waals surface area contributed by atoms with E-state index in [-0.39, 0.29) is 16.7 Å². The van der Waals surface area contributed by atoms with Gasteiger partial charge in [-0.3, -0.25) is 0 Å². The molecule has 1 fully saturated rings. The number of anilines is 2. The molecule has 3 rings (SSSR count). The first-order valence-corrected chi connectivity index (χ1v) is 9.60. The zero-order chi connectivity index (χ0) is 21.0. The van der Waals surface area contributed by atoms with E-state index in [1.54, 1.807) is 0 Å². The highest BCUT2D eigenvalue weighted by Gasteiger charge is 2.38. The van der Waals surface area contributed by atoms with Gasteiger partial charge in [0.25, 0.3) is 0 Å². The minimum Gasteiger partial charge on any atom is -0.406 e. The van der Waals surface area contributed by atoms with E-state index in [9.17, 15) is 18.0 Å². The van der Waals surface area contributed by atoms with E-state index in [0.717, 1.165) is 31.9 Å². The Morgan fingerprint density at radius 3 is 2.62 bits per heavy atom. The van der Waals surface area contributed by atoms with Gasteiger partial charge in [0.2, 0.25) is 5.95 Å². The van der Waals surface area contributed by atoms with E-state index < -0.39 is 23.7 Å². The van der Waals surface area contributed by atoms with Gasteiger partial charge >= 0.3 is 12.3 Å². The van der Waals surface area contributed by atoms with Gasteiger partial charge in [0.05, 0.1) is 16.9 Å². The van der Waals surface area contributed by atoms with E-state index >= 15 is 0 Å². The van der Waals surface area contributed by atoms with Crippen LogP contribution in [-0.4, -0.2) is 22.6 Å². The van der Waals surface area contributed by atoms with Crippen molar-refractivity contribution in [2.75, 3.05) is 11.9 Å². The highest BCUT2D eigenvalue weighted by Crippen LogP contribution is 2.36. The molecule has 0 radical (unpaired) electrons. The van der Waals surface area contributed by atoms with Crippen LogP contribution >= 0.6 is 23.2 Å². The Morgan fingerprint density at radius 1 is 1.24 bits per heavy atom. The summed E-state index contributed by atoms with van der Waals surface area (Å²) in [6, 6.07) is 4.40. The fraction of sp³-hybridized carbons (Fsp3) is 0.389. The number of hydrogen-bond donors (Lipinski definition) is 2. The van der Waals surface area contributed by atoms with E-state index in [0.29, 0.717) is 17.5 Å². The van der Waals surface area contributed by atoms with Crippen molar-refractivity contribution in [3.05, 3.63) is 40.1 Å². The number of carbonyl (C=O) groups is 1. The van der Waals surface area contributed by atoms with Gasteiger partial charge in [0.1, 0.15) is 0 Å². The van der Waals surface area contributed by atoms with Crippen molar-refractivity contribution in [2.45, 2.75) is 31.9 Å². The van der Waals surface area contributed by atoms with Crippen LogP contribution < -0.4 is 15.4 Å². The van der Waals surface area contributed by atoms with Crippen molar-refractivity contribution in [1.82, 2.24) is 15.3 Å². The standard InChI is InChI=1S/C18H17Cl2F3N4O2/c19-11-5-6-13(12(20)7-11)26-16-24-9-14(15(27-16)18(21,22)23)29-17(28)25-8-10-3-1-2-4-10/h5-7,9-10H,1-4,8H2,(H,25,28)(H,24,26,27). The number of ether oxygens (including phenoxy) is 1. The summed E-state index contributed by atoms with van der Waals surface area (Å²) >= 11 is 11.8. The maximum Gasteiger partial charge on any atom is 0.437 e. The van der Waals surface area contributed by atoms with Gasteiger partial charge in [0.15, 0.2) is 11.4 Å². The Kier molecular flexibility index (Phi) is 6.69. The van der Waals surface area contributed by atoms with Crippen molar-refractivity contribution in [3.8, 4) is 5.75 Å². The van der Waals surface area contributed by atoms with Gasteiger partial charge in [0, 0.05) is 11.6 Å². The monoisotopic (exact) mass is 448 g/mol. The number of aromatic nitrogens is 2. The molecule has 2 N–H and O–H groups in total. The molecular formula is C18H17Cl2F3N4O2. The largest absolute Gasteiger partial charge is 0.437 e. The zero-order valence-corrected chi connectivity index (χ0v) is 16.5. The Balaban J connectivity index is 1.74. The summed E-state index contributed by atoms with van der Waals surface area (Å²) < 4.78 is 45.0. The van der Waals surface area contributed by atoms with Crippen LogP contribution in [0.5, 0.6) is 5.75 Å². The Bertz CT molecular complexity index is 890. The van der Waals surface area contributed by atoms with E-state index in [1.807, 2.05) is 0 Å². The first-order valence-electron chi connectivity index (χ1n) is 8.84. The molecule has 1 aromatic carbocycles. The topological polar surface area (TPSA) is 76.1 Å². The second-order valence-electron chi connectivity index (χ2n) is 6.57. The predicted octanol–water partition coefficient (Wildman–Crippen LogP) is 5.82. The molecule has 11 heteroatoms. The van der Waals surface area contributed by atoms with Gasteiger partial charge in [-0.25, -0.2) is 14.8 Å². The van der Waals surface area contributed by atoms with Gasteiger partial charge in [-0.2, -0.15) is 13.2 Å². The first-order chi connectivity index (χ1) is 13.7. The lowest BCUT2D eigenvalue weighted by molar-refractivity contribution is -0.142. The van der Waals surface area contributed by atoms with Gasteiger partial charge < -0.3 is 15.4 Å². The quantitative estimate of drug-likeness (QED) is 0.601. The molecule has 0 atom stereocenters. The van der Waals surface area contributed by atoms with Crippen LogP contribution in [-0.2, 0) is 6.18 Å². The third-order valence-electron chi connectivity index (χ3n) is 4.41. The highest BCUT2D eigenvalue weighted by molar-refractivity contribution is 6.36. The molecule has 0 saturated heterocycles. The average molecular weight is 449 g/mol. The van der Waals surface area contributed by atoms with Crippen molar-refractivity contribution in [2.24, 2.45) is 5.92 Å². The lowest BCUT2D eigenvalue weighted by Crippen LogP contribution is -2.31. The summed E-state index contributed by atoms with van der Waals surface area (Å²) in [5, 5.41) is 5.62.